The van der Waals surface area contributed by atoms with Crippen LogP contribution in [0.25, 0.3) is 11.3 Å². The van der Waals surface area contributed by atoms with E-state index < -0.39 is 0 Å². The molecular weight excluding hydrogens is 226 g/mol. The van der Waals surface area contributed by atoms with Gasteiger partial charge in [0.1, 0.15) is 5.69 Å². The summed E-state index contributed by atoms with van der Waals surface area (Å²) in [6, 6.07) is 9.74. The second kappa shape index (κ2) is 4.31. The van der Waals surface area contributed by atoms with Gasteiger partial charge in [0, 0.05) is 5.56 Å². The van der Waals surface area contributed by atoms with E-state index in [-0.39, 0.29) is 0 Å². The van der Waals surface area contributed by atoms with Crippen LogP contribution in [-0.2, 0) is 0 Å². The van der Waals surface area contributed by atoms with Gasteiger partial charge in [-0.3, -0.25) is 0 Å². The number of benzene rings is 1. The zero-order valence-electron chi connectivity index (χ0n) is 7.68. The minimum absolute atomic E-state index is 0.484. The van der Waals surface area contributed by atoms with E-state index in [0.717, 1.165) is 11.3 Å². The molecule has 2 aromatic rings. The Labute approximate surface area is 96.3 Å². The van der Waals surface area contributed by atoms with Crippen LogP contribution in [-0.4, -0.2) is 10.1 Å². The van der Waals surface area contributed by atoms with E-state index in [1.54, 1.807) is 0 Å². The van der Waals surface area contributed by atoms with Crippen LogP contribution >= 0.6 is 23.6 Å². The van der Waals surface area contributed by atoms with Crippen LogP contribution < -0.4 is 5.73 Å². The number of thiocarbonyl (C=S) groups is 1. The van der Waals surface area contributed by atoms with E-state index >= 15 is 0 Å². The number of hydrogen-bond donors (Lipinski definition) is 1. The normalized spacial score (nSPS) is 9.60. The van der Waals surface area contributed by atoms with E-state index in [1.165, 1.54) is 11.3 Å². The summed E-state index contributed by atoms with van der Waals surface area (Å²) in [5.41, 5.74) is 7.37. The summed E-state index contributed by atoms with van der Waals surface area (Å²) in [7, 11) is 0. The highest BCUT2D eigenvalue weighted by atomic mass is 32.1. The zero-order valence-corrected chi connectivity index (χ0v) is 9.31. The van der Waals surface area contributed by atoms with E-state index in [4.69, 9.17) is 5.73 Å². The third-order valence-electron chi connectivity index (χ3n) is 1.82. The Balaban J connectivity index is 2.57. The van der Waals surface area contributed by atoms with Gasteiger partial charge < -0.3 is 5.73 Å². The molecule has 0 fully saturated rings. The first-order valence-corrected chi connectivity index (χ1v) is 5.43. The molecule has 0 aliphatic heterocycles. The van der Waals surface area contributed by atoms with Gasteiger partial charge in [0.15, 0.2) is 10.1 Å². The Morgan fingerprint density at radius 2 is 2.07 bits per heavy atom. The number of isothiocyanates is 1. The number of nitrogens with two attached hydrogens (primary N) is 1. The van der Waals surface area contributed by atoms with Gasteiger partial charge in [-0.25, -0.2) is 4.98 Å². The Kier molecular flexibility index (Phi) is 2.87. The number of nitrogens with zero attached hydrogens (tertiary/aromatic N) is 2. The molecule has 1 aromatic carbocycles. The van der Waals surface area contributed by atoms with Crippen molar-refractivity contribution in [3.8, 4) is 11.3 Å². The van der Waals surface area contributed by atoms with Gasteiger partial charge in [-0.05, 0) is 12.2 Å². The Bertz CT molecular complexity index is 513. The fraction of sp³-hybridized carbons (Fsp3) is 0. The maximum Gasteiger partial charge on any atom is 0.182 e. The maximum absolute atomic E-state index is 5.63. The van der Waals surface area contributed by atoms with Crippen molar-refractivity contribution in [2.24, 2.45) is 4.99 Å². The highest BCUT2D eigenvalue weighted by molar-refractivity contribution is 7.78. The standard InChI is InChI=1S/C10H7N3S2/c11-10-13-8(9(15-10)12-6-14)7-4-2-1-3-5-7/h1-5H,(H2,11,13). The van der Waals surface area contributed by atoms with E-state index in [1.807, 2.05) is 30.3 Å². The lowest BCUT2D eigenvalue weighted by molar-refractivity contribution is 1.40. The minimum atomic E-state index is 0.484. The number of aromatic nitrogens is 1. The van der Waals surface area contributed by atoms with Crippen molar-refractivity contribution in [1.29, 1.82) is 0 Å². The topological polar surface area (TPSA) is 51.3 Å². The summed E-state index contributed by atoms with van der Waals surface area (Å²) >= 11 is 5.88. The number of aliphatic imine (C=N–C) groups is 1. The largest absolute Gasteiger partial charge is 0.375 e. The molecule has 2 rings (SSSR count). The zero-order chi connectivity index (χ0) is 10.7. The molecule has 2 N–H and O–H groups in total. The summed E-state index contributed by atoms with van der Waals surface area (Å²) < 4.78 is 0. The average molecular weight is 233 g/mol. The van der Waals surface area contributed by atoms with E-state index in [0.29, 0.717) is 10.1 Å². The van der Waals surface area contributed by atoms with Crippen LogP contribution in [0, 0.1) is 0 Å². The van der Waals surface area contributed by atoms with Gasteiger partial charge in [-0.2, -0.15) is 4.99 Å². The predicted octanol–water partition coefficient (Wildman–Crippen LogP) is 3.13. The van der Waals surface area contributed by atoms with Crippen LogP contribution in [0.15, 0.2) is 35.3 Å². The van der Waals surface area contributed by atoms with E-state index in [9.17, 15) is 0 Å². The summed E-state index contributed by atoms with van der Waals surface area (Å²) in [6.07, 6.45) is 0. The Morgan fingerprint density at radius 1 is 1.33 bits per heavy atom. The van der Waals surface area contributed by atoms with Gasteiger partial charge in [0.25, 0.3) is 0 Å². The molecular formula is C10H7N3S2. The number of thiazole rings is 1. The molecule has 0 aliphatic carbocycles. The third-order valence-corrected chi connectivity index (χ3v) is 2.69. The molecule has 0 radical (unpaired) electrons. The first kappa shape index (κ1) is 9.98. The molecule has 0 spiro atoms. The molecule has 0 atom stereocenters. The third kappa shape index (κ3) is 2.10. The SMILES string of the molecule is Nc1nc(-c2ccccc2)c(N=C=S)s1. The van der Waals surface area contributed by atoms with E-state index in [2.05, 4.69) is 27.4 Å². The van der Waals surface area contributed by atoms with Crippen LogP contribution in [0.1, 0.15) is 0 Å². The van der Waals surface area contributed by atoms with Crippen molar-refractivity contribution >= 4 is 38.8 Å². The number of nitrogen functional groups attached to an aromatic ring is 1. The molecule has 0 unspecified atom stereocenters. The minimum Gasteiger partial charge on any atom is -0.375 e. The molecule has 0 amide bonds. The quantitative estimate of drug-likeness (QED) is 0.640. The lowest BCUT2D eigenvalue weighted by Gasteiger charge is -1.95. The number of hydrogen-bond acceptors (Lipinski definition) is 5. The average Bonchev–Trinajstić information content (AvgIpc) is 2.62. The highest BCUT2D eigenvalue weighted by Crippen LogP contribution is 2.36. The van der Waals surface area contributed by atoms with Gasteiger partial charge in [0.05, 0.1) is 5.16 Å². The summed E-state index contributed by atoms with van der Waals surface area (Å²) in [4.78, 5) is 8.16. The molecule has 0 saturated carbocycles. The van der Waals surface area contributed by atoms with Crippen LogP contribution in [0.5, 0.6) is 0 Å². The van der Waals surface area contributed by atoms with Crippen LogP contribution in [0.4, 0.5) is 10.1 Å². The molecule has 0 saturated heterocycles. The Hall–Kier alpha value is -1.55. The lowest BCUT2D eigenvalue weighted by atomic mass is 10.2. The number of rotatable bonds is 2. The van der Waals surface area contributed by atoms with Crippen molar-refractivity contribution in [3.63, 3.8) is 0 Å². The van der Waals surface area contributed by atoms with Crippen molar-refractivity contribution < 1.29 is 0 Å². The number of anilines is 1. The summed E-state index contributed by atoms with van der Waals surface area (Å²) in [5, 5.41) is 3.52. The summed E-state index contributed by atoms with van der Waals surface area (Å²) in [5.74, 6) is 0. The van der Waals surface area contributed by atoms with Gasteiger partial charge in [-0.1, -0.05) is 41.7 Å². The molecule has 0 bridgehead atoms. The second-order valence-corrected chi connectivity index (χ2v) is 3.97. The van der Waals surface area contributed by atoms with Crippen molar-refractivity contribution in [2.45, 2.75) is 0 Å². The van der Waals surface area contributed by atoms with Crippen molar-refractivity contribution in [2.75, 3.05) is 5.73 Å². The smallest absolute Gasteiger partial charge is 0.182 e. The molecule has 74 valence electrons. The first-order chi connectivity index (χ1) is 7.31. The summed E-state index contributed by atoms with van der Waals surface area (Å²) in [6.45, 7) is 0. The fourth-order valence-corrected chi connectivity index (χ4v) is 2.07. The van der Waals surface area contributed by atoms with Gasteiger partial charge in [0.2, 0.25) is 0 Å². The Morgan fingerprint density at radius 3 is 2.73 bits per heavy atom. The predicted molar refractivity (Wildman–Crippen MR) is 66.6 cm³/mol. The molecule has 1 aromatic heterocycles. The molecule has 5 heteroatoms. The molecule has 1 heterocycles. The first-order valence-electron chi connectivity index (χ1n) is 4.21. The highest BCUT2D eigenvalue weighted by Gasteiger charge is 2.09. The van der Waals surface area contributed by atoms with Gasteiger partial charge in [-0.15, -0.1) is 0 Å². The maximum atomic E-state index is 5.63. The van der Waals surface area contributed by atoms with Crippen LogP contribution in [0.3, 0.4) is 0 Å². The van der Waals surface area contributed by atoms with Gasteiger partial charge >= 0.3 is 0 Å². The van der Waals surface area contributed by atoms with Crippen molar-refractivity contribution in [1.82, 2.24) is 4.98 Å². The molecule has 0 aliphatic rings. The van der Waals surface area contributed by atoms with Crippen molar-refractivity contribution in [3.05, 3.63) is 30.3 Å². The lowest BCUT2D eigenvalue weighted by Crippen LogP contribution is -1.82. The monoisotopic (exact) mass is 233 g/mol. The molecule has 3 nitrogen and oxygen atoms in total. The van der Waals surface area contributed by atoms with Crippen LogP contribution in [0.2, 0.25) is 0 Å². The fourth-order valence-electron chi connectivity index (χ4n) is 1.23. The molecule has 15 heavy (non-hydrogen) atoms. The second-order valence-electron chi connectivity index (χ2n) is 2.77.